The molecule has 0 atom stereocenters. The molecule has 0 aromatic heterocycles. The fraction of sp³-hybridized carbons (Fsp3) is 0.200. The van der Waals surface area contributed by atoms with Gasteiger partial charge in [-0.3, -0.25) is 0 Å². The SMILES string of the molecule is C=C(/C=C(\CC)C(=O)OC)c1ccc(C#N)c(F)c1. The van der Waals surface area contributed by atoms with E-state index >= 15 is 0 Å². The van der Waals surface area contributed by atoms with Crippen LogP contribution in [0.3, 0.4) is 0 Å². The number of benzene rings is 1. The summed E-state index contributed by atoms with van der Waals surface area (Å²) >= 11 is 0. The summed E-state index contributed by atoms with van der Waals surface area (Å²) in [5.41, 5.74) is 1.44. The van der Waals surface area contributed by atoms with Crippen molar-refractivity contribution in [3.05, 3.63) is 53.4 Å². The number of allylic oxidation sites excluding steroid dienone is 2. The number of nitriles is 1. The minimum Gasteiger partial charge on any atom is -0.466 e. The molecule has 0 N–H and O–H groups in total. The second-order valence-corrected chi connectivity index (χ2v) is 3.85. The number of hydrogen-bond acceptors (Lipinski definition) is 3. The molecular formula is C15H14FNO2. The van der Waals surface area contributed by atoms with E-state index in [1.807, 2.05) is 6.92 Å². The Morgan fingerprint density at radius 3 is 2.74 bits per heavy atom. The van der Waals surface area contributed by atoms with Crippen LogP contribution in [0.4, 0.5) is 4.39 Å². The van der Waals surface area contributed by atoms with Gasteiger partial charge in [-0.15, -0.1) is 0 Å². The summed E-state index contributed by atoms with van der Waals surface area (Å²) in [5.74, 6) is -1.04. The van der Waals surface area contributed by atoms with Crippen LogP contribution >= 0.6 is 0 Å². The molecule has 0 unspecified atom stereocenters. The minimum absolute atomic E-state index is 0.0239. The standard InChI is InChI=1S/C15H14FNO2/c1-4-11(15(18)19-3)7-10(2)12-5-6-13(9-17)14(16)8-12/h5-8H,2,4H2,1,3H3/b11-7+. The Kier molecular flexibility index (Phi) is 5.01. The van der Waals surface area contributed by atoms with Gasteiger partial charge in [-0.1, -0.05) is 19.6 Å². The number of esters is 1. The molecule has 4 heteroatoms. The van der Waals surface area contributed by atoms with Crippen LogP contribution in [0.2, 0.25) is 0 Å². The van der Waals surface area contributed by atoms with Gasteiger partial charge in [0.2, 0.25) is 0 Å². The van der Waals surface area contributed by atoms with Crippen molar-refractivity contribution in [2.75, 3.05) is 7.11 Å². The fourth-order valence-corrected chi connectivity index (χ4v) is 1.54. The van der Waals surface area contributed by atoms with Crippen molar-refractivity contribution in [1.29, 1.82) is 5.26 Å². The summed E-state index contributed by atoms with van der Waals surface area (Å²) in [7, 11) is 1.30. The lowest BCUT2D eigenvalue weighted by Gasteiger charge is -2.05. The number of methoxy groups -OCH3 is 1. The molecule has 0 spiro atoms. The third-order valence-corrected chi connectivity index (χ3v) is 2.64. The quantitative estimate of drug-likeness (QED) is 0.474. The highest BCUT2D eigenvalue weighted by Gasteiger charge is 2.09. The largest absolute Gasteiger partial charge is 0.466 e. The van der Waals surface area contributed by atoms with Gasteiger partial charge in [0.1, 0.15) is 11.9 Å². The highest BCUT2D eigenvalue weighted by atomic mass is 19.1. The van der Waals surface area contributed by atoms with E-state index in [1.165, 1.54) is 19.2 Å². The van der Waals surface area contributed by atoms with E-state index in [1.54, 1.807) is 18.2 Å². The molecule has 1 aromatic rings. The molecule has 0 aliphatic carbocycles. The number of hydrogen-bond donors (Lipinski definition) is 0. The van der Waals surface area contributed by atoms with Gasteiger partial charge in [0.15, 0.2) is 0 Å². The lowest BCUT2D eigenvalue weighted by atomic mass is 10.0. The first kappa shape index (κ1) is 14.7. The second-order valence-electron chi connectivity index (χ2n) is 3.85. The molecule has 98 valence electrons. The molecule has 0 fully saturated rings. The van der Waals surface area contributed by atoms with Crippen LogP contribution in [-0.4, -0.2) is 13.1 Å². The van der Waals surface area contributed by atoms with E-state index in [2.05, 4.69) is 11.3 Å². The van der Waals surface area contributed by atoms with Crippen LogP contribution in [-0.2, 0) is 9.53 Å². The third-order valence-electron chi connectivity index (χ3n) is 2.64. The van der Waals surface area contributed by atoms with Crippen molar-refractivity contribution >= 4 is 11.5 Å². The smallest absolute Gasteiger partial charge is 0.333 e. The molecule has 0 saturated carbocycles. The maximum atomic E-state index is 13.5. The number of halogens is 1. The highest BCUT2D eigenvalue weighted by Crippen LogP contribution is 2.20. The molecule has 0 bridgehead atoms. The zero-order valence-electron chi connectivity index (χ0n) is 10.9. The molecule has 0 aliphatic rings. The monoisotopic (exact) mass is 259 g/mol. The molecule has 19 heavy (non-hydrogen) atoms. The zero-order valence-corrected chi connectivity index (χ0v) is 10.9. The summed E-state index contributed by atoms with van der Waals surface area (Å²) in [6.07, 6.45) is 2.05. The Bertz CT molecular complexity index is 582. The molecule has 0 radical (unpaired) electrons. The Morgan fingerprint density at radius 1 is 1.58 bits per heavy atom. The van der Waals surface area contributed by atoms with Crippen molar-refractivity contribution < 1.29 is 13.9 Å². The van der Waals surface area contributed by atoms with Gasteiger partial charge in [-0.25, -0.2) is 9.18 Å². The van der Waals surface area contributed by atoms with E-state index < -0.39 is 11.8 Å². The predicted molar refractivity (Wildman–Crippen MR) is 70.5 cm³/mol. The molecule has 0 amide bonds. The van der Waals surface area contributed by atoms with E-state index in [4.69, 9.17) is 5.26 Å². The van der Waals surface area contributed by atoms with Crippen molar-refractivity contribution in [2.24, 2.45) is 0 Å². The van der Waals surface area contributed by atoms with Gasteiger partial charge in [-0.05, 0) is 35.8 Å². The number of nitrogens with zero attached hydrogens (tertiary/aromatic N) is 1. The van der Waals surface area contributed by atoms with Crippen LogP contribution in [0.1, 0.15) is 24.5 Å². The van der Waals surface area contributed by atoms with E-state index in [0.717, 1.165) is 0 Å². The molecule has 0 aliphatic heterocycles. The van der Waals surface area contributed by atoms with Gasteiger partial charge in [0.05, 0.1) is 12.7 Å². The maximum Gasteiger partial charge on any atom is 0.333 e. The molecule has 1 rings (SSSR count). The minimum atomic E-state index is -0.606. The number of ether oxygens (including phenoxy) is 1. The summed E-state index contributed by atoms with van der Waals surface area (Å²) in [6.45, 7) is 5.61. The summed E-state index contributed by atoms with van der Waals surface area (Å²) in [6, 6.07) is 5.94. The first-order valence-corrected chi connectivity index (χ1v) is 5.71. The number of carbonyl (C=O) groups is 1. The Balaban J connectivity index is 3.07. The zero-order chi connectivity index (χ0) is 14.4. The van der Waals surface area contributed by atoms with Crippen LogP contribution < -0.4 is 0 Å². The van der Waals surface area contributed by atoms with Crippen LogP contribution in [0.15, 0.2) is 36.4 Å². The summed E-state index contributed by atoms with van der Waals surface area (Å²) < 4.78 is 18.1. The third kappa shape index (κ3) is 3.52. The van der Waals surface area contributed by atoms with Crippen molar-refractivity contribution in [2.45, 2.75) is 13.3 Å². The van der Waals surface area contributed by atoms with Gasteiger partial charge in [0.25, 0.3) is 0 Å². The lowest BCUT2D eigenvalue weighted by molar-refractivity contribution is -0.136. The molecule has 0 heterocycles. The predicted octanol–water partition coefficient (Wildman–Crippen LogP) is 3.22. The average Bonchev–Trinajstić information content (AvgIpc) is 2.43. The summed E-state index contributed by atoms with van der Waals surface area (Å²) in [5, 5.41) is 8.65. The maximum absolute atomic E-state index is 13.5. The number of rotatable bonds is 4. The Morgan fingerprint density at radius 2 is 2.26 bits per heavy atom. The summed E-state index contributed by atoms with van der Waals surface area (Å²) in [4.78, 5) is 11.4. The molecular weight excluding hydrogens is 245 g/mol. The van der Waals surface area contributed by atoms with Crippen molar-refractivity contribution in [1.82, 2.24) is 0 Å². The second kappa shape index (κ2) is 6.50. The van der Waals surface area contributed by atoms with Gasteiger partial charge in [0, 0.05) is 5.57 Å². The Hall–Kier alpha value is -2.41. The van der Waals surface area contributed by atoms with Crippen molar-refractivity contribution in [3.8, 4) is 6.07 Å². The van der Waals surface area contributed by atoms with E-state index in [9.17, 15) is 9.18 Å². The van der Waals surface area contributed by atoms with Crippen LogP contribution in [0, 0.1) is 17.1 Å². The number of carbonyl (C=O) groups excluding carboxylic acids is 1. The molecule has 0 saturated heterocycles. The lowest BCUT2D eigenvalue weighted by Crippen LogP contribution is -2.04. The van der Waals surface area contributed by atoms with Crippen LogP contribution in [0.5, 0.6) is 0 Å². The topological polar surface area (TPSA) is 50.1 Å². The first-order chi connectivity index (χ1) is 9.03. The van der Waals surface area contributed by atoms with Gasteiger partial charge >= 0.3 is 5.97 Å². The molecule has 3 nitrogen and oxygen atoms in total. The van der Waals surface area contributed by atoms with Gasteiger partial charge < -0.3 is 4.74 Å². The van der Waals surface area contributed by atoms with Gasteiger partial charge in [-0.2, -0.15) is 5.26 Å². The first-order valence-electron chi connectivity index (χ1n) is 5.71. The fourth-order valence-electron chi connectivity index (χ4n) is 1.54. The van der Waals surface area contributed by atoms with E-state index in [-0.39, 0.29) is 5.56 Å². The van der Waals surface area contributed by atoms with Crippen molar-refractivity contribution in [3.63, 3.8) is 0 Å². The average molecular weight is 259 g/mol. The van der Waals surface area contributed by atoms with Crippen LogP contribution in [0.25, 0.3) is 5.57 Å². The van der Waals surface area contributed by atoms with E-state index in [0.29, 0.717) is 23.1 Å². The Labute approximate surface area is 111 Å². The highest BCUT2D eigenvalue weighted by molar-refractivity contribution is 5.92. The molecule has 1 aromatic carbocycles. The normalized spacial score (nSPS) is 10.7.